The Labute approximate surface area is 71.4 Å². The molecule has 1 heterocycles. The van der Waals surface area contributed by atoms with Crippen LogP contribution in [0.4, 0.5) is 13.2 Å². The molecule has 2 N–H and O–H groups in total. The van der Waals surface area contributed by atoms with Gasteiger partial charge in [0.15, 0.2) is 0 Å². The number of carbonyl (C=O) groups is 1. The van der Waals surface area contributed by atoms with Crippen molar-refractivity contribution in [3.05, 3.63) is 29.3 Å². The van der Waals surface area contributed by atoms with Crippen LogP contribution in [0.2, 0.25) is 0 Å². The number of rotatable bonds is 2. The average molecular weight is 190 g/mol. The molecule has 0 aliphatic carbocycles. The van der Waals surface area contributed by atoms with Gasteiger partial charge in [-0.3, -0.25) is 4.79 Å². The zero-order valence-corrected chi connectivity index (χ0v) is 6.30. The maximum atomic E-state index is 12.7. The van der Waals surface area contributed by atoms with Gasteiger partial charge in [-0.15, -0.1) is 0 Å². The van der Waals surface area contributed by atoms with Crippen molar-refractivity contribution >= 4 is 5.91 Å². The van der Waals surface area contributed by atoms with Crippen molar-refractivity contribution in [3.63, 3.8) is 0 Å². The highest BCUT2D eigenvalue weighted by Gasteiger charge is 2.20. The first-order valence-corrected chi connectivity index (χ1v) is 3.26. The van der Waals surface area contributed by atoms with Crippen LogP contribution in [0.5, 0.6) is 0 Å². The molecule has 6 heteroatoms. The van der Waals surface area contributed by atoms with E-state index in [1.807, 2.05) is 0 Å². The van der Waals surface area contributed by atoms with Crippen molar-refractivity contribution < 1.29 is 18.0 Å². The molecule has 0 saturated heterocycles. The highest BCUT2D eigenvalue weighted by molar-refractivity contribution is 5.94. The number of nitrogens with two attached hydrogens (primary N) is 1. The van der Waals surface area contributed by atoms with E-state index in [0.717, 1.165) is 12.3 Å². The number of alkyl halides is 2. The second kappa shape index (κ2) is 3.42. The predicted octanol–water partition coefficient (Wildman–Crippen LogP) is 1.26. The fourth-order valence-electron chi connectivity index (χ4n) is 0.876. The van der Waals surface area contributed by atoms with Crippen molar-refractivity contribution in [2.45, 2.75) is 6.43 Å². The summed E-state index contributed by atoms with van der Waals surface area (Å²) in [6.45, 7) is 0. The average Bonchev–Trinajstić information content (AvgIpc) is 2.02. The van der Waals surface area contributed by atoms with Gasteiger partial charge < -0.3 is 5.73 Å². The van der Waals surface area contributed by atoms with Gasteiger partial charge in [0.05, 0.1) is 0 Å². The van der Waals surface area contributed by atoms with Crippen molar-refractivity contribution in [1.29, 1.82) is 0 Å². The lowest BCUT2D eigenvalue weighted by Gasteiger charge is -2.04. The standard InChI is InChI=1S/C7H5F3N2O/c8-5(9)3-1-2-12-6(10)4(3)7(11)13/h1-2,5H,(H2,11,13). The quantitative estimate of drug-likeness (QED) is 0.713. The lowest BCUT2D eigenvalue weighted by atomic mass is 10.1. The molecule has 0 aromatic carbocycles. The molecule has 1 aromatic rings. The normalized spacial score (nSPS) is 10.5. The zero-order chi connectivity index (χ0) is 10.0. The van der Waals surface area contributed by atoms with Crippen molar-refractivity contribution in [2.24, 2.45) is 5.73 Å². The minimum Gasteiger partial charge on any atom is -0.365 e. The number of carbonyl (C=O) groups excluding carboxylic acids is 1. The Bertz CT molecular complexity index is 341. The summed E-state index contributed by atoms with van der Waals surface area (Å²) in [5.41, 5.74) is 3.12. The lowest BCUT2D eigenvalue weighted by molar-refractivity contribution is 0.0979. The first-order chi connectivity index (χ1) is 6.04. The van der Waals surface area contributed by atoms with E-state index >= 15 is 0 Å². The number of halogens is 3. The molecule has 0 bridgehead atoms. The van der Waals surface area contributed by atoms with Gasteiger partial charge in [-0.05, 0) is 6.07 Å². The first kappa shape index (κ1) is 9.50. The van der Waals surface area contributed by atoms with E-state index < -0.39 is 29.4 Å². The van der Waals surface area contributed by atoms with Crippen molar-refractivity contribution in [3.8, 4) is 0 Å². The number of hydrogen-bond donors (Lipinski definition) is 1. The van der Waals surface area contributed by atoms with Crippen LogP contribution >= 0.6 is 0 Å². The van der Waals surface area contributed by atoms with E-state index in [9.17, 15) is 18.0 Å². The third-order valence-corrected chi connectivity index (χ3v) is 1.42. The summed E-state index contributed by atoms with van der Waals surface area (Å²) in [5.74, 6) is -2.52. The Hall–Kier alpha value is -1.59. The summed E-state index contributed by atoms with van der Waals surface area (Å²) in [7, 11) is 0. The molecule has 1 aromatic heterocycles. The minimum atomic E-state index is -2.94. The van der Waals surface area contributed by atoms with Crippen molar-refractivity contribution in [1.82, 2.24) is 4.98 Å². The van der Waals surface area contributed by atoms with Gasteiger partial charge in [0.2, 0.25) is 5.95 Å². The van der Waals surface area contributed by atoms with E-state index in [1.165, 1.54) is 0 Å². The van der Waals surface area contributed by atoms with Crippen LogP contribution in [-0.2, 0) is 0 Å². The molecule has 1 amide bonds. The molecule has 0 aliphatic rings. The van der Waals surface area contributed by atoms with E-state index in [-0.39, 0.29) is 0 Å². The number of primary amides is 1. The molecule has 0 fully saturated rings. The van der Waals surface area contributed by atoms with E-state index in [2.05, 4.69) is 4.98 Å². The Kier molecular flexibility index (Phi) is 2.50. The fourth-order valence-corrected chi connectivity index (χ4v) is 0.876. The summed E-state index contributed by atoms with van der Waals surface area (Å²) in [5, 5.41) is 0. The number of aromatic nitrogens is 1. The van der Waals surface area contributed by atoms with Gasteiger partial charge in [0, 0.05) is 11.8 Å². The predicted molar refractivity (Wildman–Crippen MR) is 37.7 cm³/mol. The fraction of sp³-hybridized carbons (Fsp3) is 0.143. The van der Waals surface area contributed by atoms with Crippen LogP contribution in [0.1, 0.15) is 22.3 Å². The number of nitrogens with zero attached hydrogens (tertiary/aromatic N) is 1. The molecule has 0 atom stereocenters. The van der Waals surface area contributed by atoms with Crippen LogP contribution in [0, 0.1) is 5.95 Å². The van der Waals surface area contributed by atoms with Crippen LogP contribution in [0.15, 0.2) is 12.3 Å². The Morgan fingerprint density at radius 3 is 2.54 bits per heavy atom. The monoisotopic (exact) mass is 190 g/mol. The second-order valence-electron chi connectivity index (χ2n) is 2.23. The smallest absolute Gasteiger partial charge is 0.264 e. The summed E-state index contributed by atoms with van der Waals surface area (Å²) >= 11 is 0. The molecular formula is C7H5F3N2O. The molecule has 1 rings (SSSR count). The Balaban J connectivity index is 3.34. The van der Waals surface area contributed by atoms with Gasteiger partial charge in [0.25, 0.3) is 12.3 Å². The third-order valence-electron chi connectivity index (χ3n) is 1.42. The molecule has 0 saturated carbocycles. The Morgan fingerprint density at radius 2 is 2.15 bits per heavy atom. The van der Waals surface area contributed by atoms with E-state index in [4.69, 9.17) is 5.73 Å². The van der Waals surface area contributed by atoms with Gasteiger partial charge in [0.1, 0.15) is 5.56 Å². The molecule has 3 nitrogen and oxygen atoms in total. The van der Waals surface area contributed by atoms with Gasteiger partial charge in [-0.2, -0.15) is 4.39 Å². The molecule has 13 heavy (non-hydrogen) atoms. The molecule has 70 valence electrons. The highest BCUT2D eigenvalue weighted by Crippen LogP contribution is 2.23. The lowest BCUT2D eigenvalue weighted by Crippen LogP contribution is -2.17. The summed E-state index contributed by atoms with van der Waals surface area (Å²) in [6, 6.07) is 0.855. The summed E-state index contributed by atoms with van der Waals surface area (Å²) in [4.78, 5) is 13.6. The zero-order valence-electron chi connectivity index (χ0n) is 6.30. The largest absolute Gasteiger partial charge is 0.365 e. The third kappa shape index (κ3) is 1.77. The number of pyridine rings is 1. The maximum Gasteiger partial charge on any atom is 0.264 e. The van der Waals surface area contributed by atoms with Gasteiger partial charge >= 0.3 is 0 Å². The van der Waals surface area contributed by atoms with Gasteiger partial charge in [-0.25, -0.2) is 13.8 Å². The Morgan fingerprint density at radius 1 is 1.54 bits per heavy atom. The number of amides is 1. The van der Waals surface area contributed by atoms with Crippen LogP contribution in [0.25, 0.3) is 0 Å². The topological polar surface area (TPSA) is 56.0 Å². The molecule has 0 aliphatic heterocycles. The van der Waals surface area contributed by atoms with E-state index in [0.29, 0.717) is 0 Å². The molecule has 0 radical (unpaired) electrons. The molecule has 0 unspecified atom stereocenters. The number of hydrogen-bond acceptors (Lipinski definition) is 2. The van der Waals surface area contributed by atoms with Crippen LogP contribution in [0.3, 0.4) is 0 Å². The minimum absolute atomic E-state index is 0.736. The van der Waals surface area contributed by atoms with Crippen LogP contribution < -0.4 is 5.73 Å². The van der Waals surface area contributed by atoms with Crippen LogP contribution in [-0.4, -0.2) is 10.9 Å². The van der Waals surface area contributed by atoms with Gasteiger partial charge in [-0.1, -0.05) is 0 Å². The summed E-state index contributed by atoms with van der Waals surface area (Å²) in [6.07, 6.45) is -2.09. The summed E-state index contributed by atoms with van der Waals surface area (Å²) < 4.78 is 37.0. The molecule has 0 spiro atoms. The SMILES string of the molecule is NC(=O)c1c(C(F)F)ccnc1F. The van der Waals surface area contributed by atoms with Crippen molar-refractivity contribution in [2.75, 3.05) is 0 Å². The maximum absolute atomic E-state index is 12.7. The van der Waals surface area contributed by atoms with E-state index in [1.54, 1.807) is 0 Å². The highest BCUT2D eigenvalue weighted by atomic mass is 19.3. The second-order valence-corrected chi connectivity index (χ2v) is 2.23. The first-order valence-electron chi connectivity index (χ1n) is 3.26. The molecular weight excluding hydrogens is 185 g/mol.